The largest absolute Gasteiger partial charge is 0.388 e. The van der Waals surface area contributed by atoms with E-state index in [0.717, 1.165) is 12.8 Å². The van der Waals surface area contributed by atoms with Gasteiger partial charge in [0.25, 0.3) is 0 Å². The van der Waals surface area contributed by atoms with Crippen LogP contribution in [0.1, 0.15) is 46.0 Å². The van der Waals surface area contributed by atoms with Gasteiger partial charge in [-0.15, -0.1) is 0 Å². The maximum Gasteiger partial charge on any atom is 0.220 e. The maximum atomic E-state index is 11.7. The fourth-order valence-corrected chi connectivity index (χ4v) is 2.10. The van der Waals surface area contributed by atoms with Gasteiger partial charge in [0, 0.05) is 39.0 Å². The Labute approximate surface area is 104 Å². The van der Waals surface area contributed by atoms with Gasteiger partial charge in [0.05, 0.1) is 5.60 Å². The Morgan fingerprint density at radius 1 is 1.35 bits per heavy atom. The Kier molecular flexibility index (Phi) is 5.92. The molecule has 0 unspecified atom stereocenters. The van der Waals surface area contributed by atoms with Crippen molar-refractivity contribution in [3.8, 4) is 0 Å². The second-order valence-electron chi connectivity index (χ2n) is 5.00. The van der Waals surface area contributed by atoms with Crippen molar-refractivity contribution in [1.29, 1.82) is 0 Å². The smallest absolute Gasteiger partial charge is 0.220 e. The first-order valence-electron chi connectivity index (χ1n) is 6.66. The van der Waals surface area contributed by atoms with Crippen LogP contribution in [0.5, 0.6) is 0 Å². The van der Waals surface area contributed by atoms with Gasteiger partial charge in [-0.2, -0.15) is 0 Å². The molecule has 0 aromatic rings. The third kappa shape index (κ3) is 5.04. The van der Waals surface area contributed by atoms with Gasteiger partial charge in [0.1, 0.15) is 0 Å². The van der Waals surface area contributed by atoms with Gasteiger partial charge in [-0.1, -0.05) is 26.7 Å². The van der Waals surface area contributed by atoms with E-state index in [1.165, 1.54) is 0 Å². The predicted molar refractivity (Wildman–Crippen MR) is 66.7 cm³/mol. The van der Waals surface area contributed by atoms with Gasteiger partial charge < -0.3 is 15.2 Å². The van der Waals surface area contributed by atoms with Crippen molar-refractivity contribution < 1.29 is 14.6 Å². The first-order chi connectivity index (χ1) is 8.09. The molecular formula is C13H25NO3. The summed E-state index contributed by atoms with van der Waals surface area (Å²) < 4.78 is 5.20. The summed E-state index contributed by atoms with van der Waals surface area (Å²) in [4.78, 5) is 11.7. The topological polar surface area (TPSA) is 58.6 Å². The summed E-state index contributed by atoms with van der Waals surface area (Å²) in [5.41, 5.74) is -0.762. The average Bonchev–Trinajstić information content (AvgIpc) is 2.34. The summed E-state index contributed by atoms with van der Waals surface area (Å²) in [6.07, 6.45) is 3.85. The van der Waals surface area contributed by atoms with Crippen LogP contribution in [-0.4, -0.2) is 36.4 Å². The summed E-state index contributed by atoms with van der Waals surface area (Å²) in [6, 6.07) is 0. The lowest BCUT2D eigenvalue weighted by atomic mass is 9.94. The molecule has 4 nitrogen and oxygen atoms in total. The van der Waals surface area contributed by atoms with Crippen molar-refractivity contribution in [3.63, 3.8) is 0 Å². The number of ether oxygens (including phenoxy) is 1. The Morgan fingerprint density at radius 2 is 1.94 bits per heavy atom. The molecule has 0 aliphatic carbocycles. The number of carbonyl (C=O) groups excluding carboxylic acids is 1. The highest BCUT2D eigenvalue weighted by atomic mass is 16.5. The Hall–Kier alpha value is -0.610. The van der Waals surface area contributed by atoms with Crippen molar-refractivity contribution in [2.45, 2.75) is 51.6 Å². The number of hydrogen-bond donors (Lipinski definition) is 2. The molecule has 0 radical (unpaired) electrons. The van der Waals surface area contributed by atoms with Gasteiger partial charge in [-0.25, -0.2) is 0 Å². The second-order valence-corrected chi connectivity index (χ2v) is 5.00. The number of hydrogen-bond acceptors (Lipinski definition) is 3. The number of aliphatic hydroxyl groups is 1. The van der Waals surface area contributed by atoms with Crippen molar-refractivity contribution in [1.82, 2.24) is 5.32 Å². The number of carbonyl (C=O) groups is 1. The molecule has 2 N–H and O–H groups in total. The molecule has 1 fully saturated rings. The summed E-state index contributed by atoms with van der Waals surface area (Å²) in [5, 5.41) is 13.0. The quantitative estimate of drug-likeness (QED) is 0.742. The highest BCUT2D eigenvalue weighted by Crippen LogP contribution is 2.19. The molecule has 0 spiro atoms. The lowest BCUT2D eigenvalue weighted by Crippen LogP contribution is -2.46. The molecule has 17 heavy (non-hydrogen) atoms. The summed E-state index contributed by atoms with van der Waals surface area (Å²) in [7, 11) is 0. The van der Waals surface area contributed by atoms with E-state index in [2.05, 4.69) is 19.2 Å². The van der Waals surface area contributed by atoms with Crippen molar-refractivity contribution in [2.24, 2.45) is 5.92 Å². The third-order valence-electron chi connectivity index (χ3n) is 3.67. The number of rotatable bonds is 6. The summed E-state index contributed by atoms with van der Waals surface area (Å²) >= 11 is 0. The lowest BCUT2D eigenvalue weighted by molar-refractivity contribution is -0.124. The van der Waals surface area contributed by atoms with Crippen LogP contribution in [0.2, 0.25) is 0 Å². The standard InChI is InChI=1S/C13H25NO3/c1-3-11(4-2)9-12(15)14-10-13(16)5-7-17-8-6-13/h11,16H,3-10H2,1-2H3,(H,14,15). The number of nitrogens with one attached hydrogen (secondary N) is 1. The van der Waals surface area contributed by atoms with E-state index in [0.29, 0.717) is 44.9 Å². The molecule has 4 heteroatoms. The minimum Gasteiger partial charge on any atom is -0.388 e. The van der Waals surface area contributed by atoms with E-state index < -0.39 is 5.60 Å². The zero-order valence-corrected chi connectivity index (χ0v) is 11.0. The molecule has 0 aromatic carbocycles. The van der Waals surface area contributed by atoms with Crippen LogP contribution in [0.4, 0.5) is 0 Å². The van der Waals surface area contributed by atoms with E-state index in [1.807, 2.05) is 0 Å². The number of amides is 1. The van der Waals surface area contributed by atoms with Crippen molar-refractivity contribution in [3.05, 3.63) is 0 Å². The first kappa shape index (κ1) is 14.5. The molecular weight excluding hydrogens is 218 g/mol. The van der Waals surface area contributed by atoms with E-state index in [1.54, 1.807) is 0 Å². The van der Waals surface area contributed by atoms with Crippen LogP contribution in [0.15, 0.2) is 0 Å². The monoisotopic (exact) mass is 243 g/mol. The highest BCUT2D eigenvalue weighted by Gasteiger charge is 2.30. The molecule has 1 amide bonds. The molecule has 1 aliphatic heterocycles. The zero-order chi connectivity index (χ0) is 12.7. The van der Waals surface area contributed by atoms with Gasteiger partial charge >= 0.3 is 0 Å². The Balaban J connectivity index is 2.27. The minimum absolute atomic E-state index is 0.0543. The van der Waals surface area contributed by atoms with Gasteiger partial charge in [-0.3, -0.25) is 4.79 Å². The normalized spacial score (nSPS) is 19.3. The van der Waals surface area contributed by atoms with E-state index in [9.17, 15) is 9.90 Å². The average molecular weight is 243 g/mol. The summed E-state index contributed by atoms with van der Waals surface area (Å²) in [6.45, 7) is 5.73. The molecule has 0 atom stereocenters. The van der Waals surface area contributed by atoms with E-state index >= 15 is 0 Å². The fraction of sp³-hybridized carbons (Fsp3) is 0.923. The maximum absolute atomic E-state index is 11.7. The molecule has 100 valence electrons. The van der Waals surface area contributed by atoms with E-state index in [4.69, 9.17) is 4.74 Å². The van der Waals surface area contributed by atoms with Crippen LogP contribution in [-0.2, 0) is 9.53 Å². The van der Waals surface area contributed by atoms with Crippen LogP contribution < -0.4 is 5.32 Å². The predicted octanol–water partition coefficient (Wildman–Crippen LogP) is 1.47. The molecule has 0 saturated carbocycles. The zero-order valence-electron chi connectivity index (χ0n) is 11.0. The van der Waals surface area contributed by atoms with Crippen LogP contribution in [0, 0.1) is 5.92 Å². The molecule has 0 aromatic heterocycles. The lowest BCUT2D eigenvalue weighted by Gasteiger charge is -2.32. The fourth-order valence-electron chi connectivity index (χ4n) is 2.10. The Morgan fingerprint density at radius 3 is 2.47 bits per heavy atom. The first-order valence-corrected chi connectivity index (χ1v) is 6.66. The van der Waals surface area contributed by atoms with Crippen molar-refractivity contribution in [2.75, 3.05) is 19.8 Å². The third-order valence-corrected chi connectivity index (χ3v) is 3.67. The van der Waals surface area contributed by atoms with Gasteiger partial charge in [0.15, 0.2) is 0 Å². The van der Waals surface area contributed by atoms with Crippen LogP contribution in [0.3, 0.4) is 0 Å². The molecule has 1 aliphatic rings. The second kappa shape index (κ2) is 6.97. The van der Waals surface area contributed by atoms with Crippen LogP contribution in [0.25, 0.3) is 0 Å². The molecule has 1 heterocycles. The van der Waals surface area contributed by atoms with Crippen molar-refractivity contribution >= 4 is 5.91 Å². The minimum atomic E-state index is -0.762. The highest BCUT2D eigenvalue weighted by molar-refractivity contribution is 5.76. The molecule has 0 bridgehead atoms. The SMILES string of the molecule is CCC(CC)CC(=O)NCC1(O)CCOCC1. The molecule has 1 saturated heterocycles. The Bertz CT molecular complexity index is 233. The van der Waals surface area contributed by atoms with E-state index in [-0.39, 0.29) is 5.91 Å². The van der Waals surface area contributed by atoms with Gasteiger partial charge in [-0.05, 0) is 5.92 Å². The van der Waals surface area contributed by atoms with Gasteiger partial charge in [0.2, 0.25) is 5.91 Å². The molecule has 1 rings (SSSR count). The van der Waals surface area contributed by atoms with Crippen LogP contribution >= 0.6 is 0 Å². The summed E-state index contributed by atoms with van der Waals surface area (Å²) in [5.74, 6) is 0.512.